The maximum atomic E-state index is 6.24. The van der Waals surface area contributed by atoms with E-state index in [1.54, 1.807) is 11.3 Å². The van der Waals surface area contributed by atoms with Gasteiger partial charge in [-0.1, -0.05) is 13.0 Å². The first-order valence-corrected chi connectivity index (χ1v) is 8.70. The second kappa shape index (κ2) is 7.82. The molecule has 0 fully saturated rings. The second-order valence-corrected chi connectivity index (χ2v) is 6.54. The molecule has 0 amide bonds. The van der Waals surface area contributed by atoms with Crippen molar-refractivity contribution in [1.82, 2.24) is 0 Å². The van der Waals surface area contributed by atoms with E-state index in [1.165, 1.54) is 0 Å². The van der Waals surface area contributed by atoms with E-state index >= 15 is 0 Å². The van der Waals surface area contributed by atoms with Gasteiger partial charge in [0, 0.05) is 26.8 Å². The van der Waals surface area contributed by atoms with Gasteiger partial charge in [-0.05, 0) is 47.5 Å². The molecular weight excluding hydrogens is 350 g/mol. The van der Waals surface area contributed by atoms with Crippen LogP contribution in [0.5, 0.6) is 11.5 Å². The first-order valence-electron chi connectivity index (χ1n) is 7.03. The van der Waals surface area contributed by atoms with Gasteiger partial charge in [-0.2, -0.15) is 0 Å². The molecule has 2 N–H and O–H groups in total. The minimum atomic E-state index is -0.150. The Labute approximate surface area is 138 Å². The molecule has 0 saturated heterocycles. The van der Waals surface area contributed by atoms with Crippen LogP contribution in [0, 0.1) is 0 Å². The van der Waals surface area contributed by atoms with E-state index in [0.29, 0.717) is 6.61 Å². The maximum Gasteiger partial charge on any atom is 0.148 e. The van der Waals surface area contributed by atoms with Crippen LogP contribution in [-0.2, 0) is 0 Å². The number of hydrogen-bond donors (Lipinski definition) is 1. The molecular formula is C16H20BrNO2S. The van der Waals surface area contributed by atoms with E-state index in [2.05, 4.69) is 28.9 Å². The summed E-state index contributed by atoms with van der Waals surface area (Å²) in [7, 11) is 0. The second-order valence-electron chi connectivity index (χ2n) is 4.69. The number of nitrogens with two attached hydrogens (primary N) is 1. The number of hydrogen-bond acceptors (Lipinski definition) is 4. The SMILES string of the molecule is CCOc1cccc(OC(c2cc(Br)cs2)C(N)CC)c1. The molecule has 0 saturated carbocycles. The Morgan fingerprint density at radius 1 is 1.24 bits per heavy atom. The van der Waals surface area contributed by atoms with Gasteiger partial charge >= 0.3 is 0 Å². The monoisotopic (exact) mass is 369 g/mol. The maximum absolute atomic E-state index is 6.24. The van der Waals surface area contributed by atoms with Crippen LogP contribution in [0.1, 0.15) is 31.2 Å². The molecule has 2 unspecified atom stereocenters. The summed E-state index contributed by atoms with van der Waals surface area (Å²) in [5.74, 6) is 1.59. The van der Waals surface area contributed by atoms with Crippen LogP contribution in [0.2, 0.25) is 0 Å². The predicted octanol–water partition coefficient (Wildman–Crippen LogP) is 4.77. The minimum Gasteiger partial charge on any atom is -0.494 e. The molecule has 3 nitrogen and oxygen atoms in total. The Bertz CT molecular complexity index is 573. The van der Waals surface area contributed by atoms with Gasteiger partial charge in [0.2, 0.25) is 0 Å². The molecule has 114 valence electrons. The van der Waals surface area contributed by atoms with Crippen molar-refractivity contribution in [3.8, 4) is 11.5 Å². The minimum absolute atomic E-state index is 0.0497. The molecule has 1 aromatic heterocycles. The number of thiophene rings is 1. The third kappa shape index (κ3) is 4.46. The standard InChI is InChI=1S/C16H20BrNO2S/c1-3-14(18)16(15-8-11(17)10-21-15)20-13-7-5-6-12(9-13)19-4-2/h5-10,14,16H,3-4,18H2,1-2H3. The lowest BCUT2D eigenvalue weighted by molar-refractivity contribution is 0.174. The number of benzene rings is 1. The highest BCUT2D eigenvalue weighted by atomic mass is 79.9. The quantitative estimate of drug-likeness (QED) is 0.764. The molecule has 2 aromatic rings. The first-order chi connectivity index (χ1) is 10.1. The van der Waals surface area contributed by atoms with Crippen molar-refractivity contribution in [1.29, 1.82) is 0 Å². The lowest BCUT2D eigenvalue weighted by Crippen LogP contribution is -2.30. The molecule has 0 bridgehead atoms. The van der Waals surface area contributed by atoms with Crippen LogP contribution >= 0.6 is 27.3 Å². The van der Waals surface area contributed by atoms with Crippen molar-refractivity contribution in [2.24, 2.45) is 5.73 Å². The fourth-order valence-electron chi connectivity index (χ4n) is 2.00. The summed E-state index contributed by atoms with van der Waals surface area (Å²) in [4.78, 5) is 1.12. The topological polar surface area (TPSA) is 44.5 Å². The molecule has 21 heavy (non-hydrogen) atoms. The smallest absolute Gasteiger partial charge is 0.148 e. The molecule has 2 atom stereocenters. The van der Waals surface area contributed by atoms with Crippen molar-refractivity contribution in [2.75, 3.05) is 6.61 Å². The third-order valence-corrected chi connectivity index (χ3v) is 4.86. The van der Waals surface area contributed by atoms with Gasteiger partial charge in [0.05, 0.1) is 6.61 Å². The van der Waals surface area contributed by atoms with Gasteiger partial charge in [-0.15, -0.1) is 11.3 Å². The summed E-state index contributed by atoms with van der Waals surface area (Å²) in [6.45, 7) is 4.67. The van der Waals surface area contributed by atoms with Gasteiger partial charge in [-0.3, -0.25) is 0 Å². The molecule has 1 aromatic carbocycles. The largest absolute Gasteiger partial charge is 0.494 e. The Balaban J connectivity index is 2.20. The van der Waals surface area contributed by atoms with Crippen LogP contribution < -0.4 is 15.2 Å². The molecule has 0 aliphatic heterocycles. The summed E-state index contributed by atoms with van der Waals surface area (Å²) >= 11 is 5.14. The van der Waals surface area contributed by atoms with Crippen LogP contribution in [0.15, 0.2) is 40.2 Å². The molecule has 2 rings (SSSR count). The van der Waals surface area contributed by atoms with E-state index in [0.717, 1.165) is 27.3 Å². The van der Waals surface area contributed by atoms with Crippen molar-refractivity contribution in [3.63, 3.8) is 0 Å². The van der Waals surface area contributed by atoms with Crippen molar-refractivity contribution >= 4 is 27.3 Å². The number of ether oxygens (including phenoxy) is 2. The van der Waals surface area contributed by atoms with E-state index in [-0.39, 0.29) is 12.1 Å². The molecule has 0 radical (unpaired) electrons. The van der Waals surface area contributed by atoms with E-state index in [4.69, 9.17) is 15.2 Å². The highest BCUT2D eigenvalue weighted by Gasteiger charge is 2.22. The summed E-state index contributed by atoms with van der Waals surface area (Å²) in [5.41, 5.74) is 6.24. The Morgan fingerprint density at radius 3 is 2.62 bits per heavy atom. The van der Waals surface area contributed by atoms with Crippen molar-refractivity contribution in [2.45, 2.75) is 32.4 Å². The Kier molecular flexibility index (Phi) is 6.08. The molecule has 0 aliphatic rings. The molecule has 0 spiro atoms. The first kappa shape index (κ1) is 16.3. The van der Waals surface area contributed by atoms with E-state index < -0.39 is 0 Å². The van der Waals surface area contributed by atoms with Crippen LogP contribution in [0.3, 0.4) is 0 Å². The highest BCUT2D eigenvalue weighted by molar-refractivity contribution is 9.10. The number of halogens is 1. The van der Waals surface area contributed by atoms with Crippen LogP contribution in [-0.4, -0.2) is 12.6 Å². The normalized spacial score (nSPS) is 13.7. The summed E-state index contributed by atoms with van der Waals surface area (Å²) < 4.78 is 12.7. The van der Waals surface area contributed by atoms with Gasteiger partial charge in [0.15, 0.2) is 0 Å². The summed E-state index contributed by atoms with van der Waals surface area (Å²) in [5, 5.41) is 2.05. The summed E-state index contributed by atoms with van der Waals surface area (Å²) in [6.07, 6.45) is 0.703. The van der Waals surface area contributed by atoms with Crippen LogP contribution in [0.25, 0.3) is 0 Å². The predicted molar refractivity (Wildman–Crippen MR) is 91.3 cm³/mol. The molecule has 1 heterocycles. The van der Waals surface area contributed by atoms with E-state index in [1.807, 2.05) is 36.6 Å². The fraction of sp³-hybridized carbons (Fsp3) is 0.375. The average Bonchev–Trinajstić information content (AvgIpc) is 2.91. The fourth-order valence-corrected chi connectivity index (χ4v) is 3.55. The zero-order valence-electron chi connectivity index (χ0n) is 12.2. The van der Waals surface area contributed by atoms with Gasteiger partial charge in [0.25, 0.3) is 0 Å². The van der Waals surface area contributed by atoms with Gasteiger partial charge in [-0.25, -0.2) is 0 Å². The van der Waals surface area contributed by atoms with Crippen molar-refractivity contribution in [3.05, 3.63) is 45.1 Å². The zero-order valence-corrected chi connectivity index (χ0v) is 14.6. The van der Waals surface area contributed by atoms with Gasteiger partial charge < -0.3 is 15.2 Å². The number of rotatable bonds is 7. The Hall–Kier alpha value is -1.04. The zero-order chi connectivity index (χ0) is 15.2. The van der Waals surface area contributed by atoms with Crippen LogP contribution in [0.4, 0.5) is 0 Å². The Morgan fingerprint density at radius 2 is 2.00 bits per heavy atom. The average molecular weight is 370 g/mol. The van der Waals surface area contributed by atoms with E-state index in [9.17, 15) is 0 Å². The summed E-state index contributed by atoms with van der Waals surface area (Å²) in [6, 6.07) is 9.71. The van der Waals surface area contributed by atoms with Crippen molar-refractivity contribution < 1.29 is 9.47 Å². The molecule has 0 aliphatic carbocycles. The lowest BCUT2D eigenvalue weighted by Gasteiger charge is -2.23. The third-order valence-electron chi connectivity index (χ3n) is 3.11. The highest BCUT2D eigenvalue weighted by Crippen LogP contribution is 2.32. The van der Waals surface area contributed by atoms with Gasteiger partial charge in [0.1, 0.15) is 17.6 Å². The molecule has 5 heteroatoms. The lowest BCUT2D eigenvalue weighted by atomic mass is 10.1.